The van der Waals surface area contributed by atoms with E-state index < -0.39 is 0 Å². The lowest BCUT2D eigenvalue weighted by Gasteiger charge is -2.37. The summed E-state index contributed by atoms with van der Waals surface area (Å²) in [5.74, 6) is 4.90. The third kappa shape index (κ3) is 9.58. The van der Waals surface area contributed by atoms with E-state index in [-0.39, 0.29) is 10.8 Å². The summed E-state index contributed by atoms with van der Waals surface area (Å²) in [7, 11) is 0. The van der Waals surface area contributed by atoms with Crippen LogP contribution in [0, 0.1) is 10.8 Å². The Morgan fingerprint density at radius 3 is 1.33 bits per heavy atom. The molecule has 7 rings (SSSR count). The zero-order valence-electron chi connectivity index (χ0n) is 30.6. The van der Waals surface area contributed by atoms with Gasteiger partial charge in [-0.3, -0.25) is 0 Å². The number of rotatable bonds is 22. The Kier molecular flexibility index (Phi) is 12.0. The first-order valence-corrected chi connectivity index (χ1v) is 19.1. The van der Waals surface area contributed by atoms with Crippen molar-refractivity contribution in [3.8, 4) is 23.0 Å². The Morgan fingerprint density at radius 2 is 0.941 bits per heavy atom. The highest BCUT2D eigenvalue weighted by Crippen LogP contribution is 2.58. The zero-order valence-corrected chi connectivity index (χ0v) is 30.6. The molecular weight excluding hydrogens is 644 g/mol. The second-order valence-corrected chi connectivity index (χ2v) is 15.8. The Hall–Kier alpha value is -3.30. The van der Waals surface area contributed by atoms with Crippen molar-refractivity contribution in [1.82, 2.24) is 0 Å². The lowest BCUT2D eigenvalue weighted by molar-refractivity contribution is -0.138. The Bertz CT molecular complexity index is 1410. The molecule has 1 saturated carbocycles. The van der Waals surface area contributed by atoms with Crippen LogP contribution in [0.5, 0.6) is 23.0 Å². The highest BCUT2D eigenvalue weighted by molar-refractivity contribution is 5.57. The smallest absolute Gasteiger partial charge is 0.123 e. The van der Waals surface area contributed by atoms with E-state index in [1.165, 1.54) is 30.4 Å². The summed E-state index contributed by atoms with van der Waals surface area (Å²) in [5.41, 5.74) is 5.42. The number of unbranched alkanes of at least 4 members (excludes halogenated alkanes) is 2. The lowest BCUT2D eigenvalue weighted by atomic mass is 9.90. The number of hydrogen-bond donors (Lipinski definition) is 0. The van der Waals surface area contributed by atoms with Gasteiger partial charge in [0.15, 0.2) is 0 Å². The van der Waals surface area contributed by atoms with Gasteiger partial charge in [0.05, 0.1) is 52.9 Å². The third-order valence-electron chi connectivity index (χ3n) is 10.7. The van der Waals surface area contributed by atoms with Gasteiger partial charge in [-0.05, 0) is 104 Å². The van der Waals surface area contributed by atoms with E-state index in [2.05, 4.69) is 50.2 Å². The molecule has 2 unspecified atom stereocenters. The first kappa shape index (κ1) is 36.1. The number of benzene rings is 3. The van der Waals surface area contributed by atoms with Crippen molar-refractivity contribution in [2.45, 2.75) is 83.8 Å². The molecule has 51 heavy (non-hydrogen) atoms. The molecule has 0 aromatic heterocycles. The number of fused-ring (bicyclic) bond motifs is 5. The average molecular weight is 701 g/mol. The molecule has 8 nitrogen and oxygen atoms in total. The van der Waals surface area contributed by atoms with Gasteiger partial charge >= 0.3 is 0 Å². The fraction of sp³-hybridized carbons (Fsp3) is 0.581. The van der Waals surface area contributed by atoms with E-state index in [1.807, 2.05) is 24.3 Å². The first-order chi connectivity index (χ1) is 25.0. The van der Waals surface area contributed by atoms with Gasteiger partial charge in [-0.2, -0.15) is 0 Å². The maximum Gasteiger partial charge on any atom is 0.123 e. The van der Waals surface area contributed by atoms with Crippen LogP contribution < -0.4 is 18.9 Å². The molecule has 3 fully saturated rings. The van der Waals surface area contributed by atoms with Crippen LogP contribution in [-0.4, -0.2) is 66.1 Å². The summed E-state index contributed by atoms with van der Waals surface area (Å²) in [6.45, 7) is 13.2. The highest BCUT2D eigenvalue weighted by atomic mass is 16.5. The van der Waals surface area contributed by atoms with E-state index in [4.69, 9.17) is 37.9 Å². The maximum absolute atomic E-state index is 6.47. The van der Waals surface area contributed by atoms with E-state index in [9.17, 15) is 0 Å². The second kappa shape index (κ2) is 17.0. The fourth-order valence-corrected chi connectivity index (χ4v) is 7.58. The van der Waals surface area contributed by atoms with Gasteiger partial charge in [0, 0.05) is 35.2 Å². The minimum atomic E-state index is 0.214. The van der Waals surface area contributed by atoms with Crippen molar-refractivity contribution in [3.05, 3.63) is 82.9 Å². The Balaban J connectivity index is 0.823. The normalized spacial score (nSPS) is 20.7. The van der Waals surface area contributed by atoms with Crippen LogP contribution >= 0.6 is 0 Å². The van der Waals surface area contributed by atoms with E-state index in [1.54, 1.807) is 0 Å². The summed E-state index contributed by atoms with van der Waals surface area (Å²) >= 11 is 0. The van der Waals surface area contributed by atoms with Crippen molar-refractivity contribution >= 4 is 0 Å². The summed E-state index contributed by atoms with van der Waals surface area (Å²) < 4.78 is 47.1. The van der Waals surface area contributed by atoms with Crippen LogP contribution in [0.1, 0.15) is 92.9 Å². The minimum Gasteiger partial charge on any atom is -0.494 e. The lowest BCUT2D eigenvalue weighted by Crippen LogP contribution is -2.43. The van der Waals surface area contributed by atoms with Crippen LogP contribution in [0.15, 0.2) is 60.7 Å². The van der Waals surface area contributed by atoms with Crippen molar-refractivity contribution in [2.24, 2.45) is 10.8 Å². The molecule has 2 aliphatic heterocycles. The van der Waals surface area contributed by atoms with Gasteiger partial charge in [-0.15, -0.1) is 0 Å². The van der Waals surface area contributed by atoms with E-state index in [0.29, 0.717) is 38.3 Å². The molecule has 2 aliphatic carbocycles. The van der Waals surface area contributed by atoms with Crippen LogP contribution in [0.4, 0.5) is 0 Å². The molecule has 0 radical (unpaired) electrons. The molecule has 0 amide bonds. The predicted octanol–water partition coefficient (Wildman–Crippen LogP) is 8.63. The molecule has 2 atom stereocenters. The third-order valence-corrected chi connectivity index (χ3v) is 10.7. The Labute approximate surface area is 304 Å². The number of ether oxygens (including phenoxy) is 8. The second-order valence-electron chi connectivity index (χ2n) is 15.8. The molecule has 3 aromatic carbocycles. The van der Waals surface area contributed by atoms with Crippen LogP contribution in [-0.2, 0) is 32.2 Å². The quantitative estimate of drug-likeness (QED) is 0.0965. The minimum absolute atomic E-state index is 0.214. The first-order valence-electron chi connectivity index (χ1n) is 19.1. The predicted molar refractivity (Wildman–Crippen MR) is 196 cm³/mol. The molecule has 0 N–H and O–H groups in total. The topological polar surface area (TPSA) is 73.8 Å². The van der Waals surface area contributed by atoms with Gasteiger partial charge in [-0.1, -0.05) is 38.1 Å². The van der Waals surface area contributed by atoms with Gasteiger partial charge in [0.1, 0.15) is 36.2 Å². The zero-order chi connectivity index (χ0) is 34.9. The number of hydrogen-bond acceptors (Lipinski definition) is 8. The van der Waals surface area contributed by atoms with Crippen LogP contribution in [0.25, 0.3) is 0 Å². The fourth-order valence-electron chi connectivity index (χ4n) is 7.58. The summed E-state index contributed by atoms with van der Waals surface area (Å²) in [6.07, 6.45) is 7.60. The molecular formula is C43H56O8. The highest BCUT2D eigenvalue weighted by Gasteiger charge is 2.41. The molecule has 2 saturated heterocycles. The van der Waals surface area contributed by atoms with Gasteiger partial charge in [-0.25, -0.2) is 0 Å². The molecule has 276 valence electrons. The molecule has 0 spiro atoms. The summed E-state index contributed by atoms with van der Waals surface area (Å²) in [6, 6.07) is 20.8. The van der Waals surface area contributed by atoms with Crippen molar-refractivity contribution in [3.63, 3.8) is 0 Å². The van der Waals surface area contributed by atoms with E-state index in [0.717, 1.165) is 113 Å². The van der Waals surface area contributed by atoms with E-state index >= 15 is 0 Å². The van der Waals surface area contributed by atoms with Gasteiger partial charge in [0.2, 0.25) is 0 Å². The average Bonchev–Trinajstić information content (AvgIpc) is 3.76. The van der Waals surface area contributed by atoms with Crippen LogP contribution in [0.2, 0.25) is 0 Å². The van der Waals surface area contributed by atoms with Gasteiger partial charge < -0.3 is 37.9 Å². The molecule has 4 aliphatic rings. The largest absolute Gasteiger partial charge is 0.494 e. The molecule has 8 heteroatoms. The monoisotopic (exact) mass is 700 g/mol. The van der Waals surface area contributed by atoms with Crippen molar-refractivity contribution < 1.29 is 37.9 Å². The molecule has 2 bridgehead atoms. The van der Waals surface area contributed by atoms with Crippen LogP contribution in [0.3, 0.4) is 0 Å². The van der Waals surface area contributed by atoms with Crippen molar-refractivity contribution in [1.29, 1.82) is 0 Å². The molecule has 3 aromatic rings. The molecule has 2 heterocycles. The maximum atomic E-state index is 6.47. The standard InChI is InChI=1S/C43H56O8/c1-42(28-46-29-42)26-44-19-3-5-21-48-36-13-7-32(8-14-36)24-50-38-17-18-39(41-35-12-11-34(23-35)40(38)41)51-25-33-9-15-37(16-10-33)49-22-6-4-20-45-27-43(2)30-47-31-43/h7-10,13-18,34-35H,3-6,11-12,19-31H2,1-2H3. The van der Waals surface area contributed by atoms with Gasteiger partial charge in [0.25, 0.3) is 0 Å². The Morgan fingerprint density at radius 1 is 0.529 bits per heavy atom. The summed E-state index contributed by atoms with van der Waals surface area (Å²) in [5, 5.41) is 0. The summed E-state index contributed by atoms with van der Waals surface area (Å²) in [4.78, 5) is 0. The van der Waals surface area contributed by atoms with Crippen molar-refractivity contribution in [2.75, 3.05) is 66.1 Å². The SMILES string of the molecule is CC1(COCCCCOc2ccc(COc3ccc(OCc4ccc(OCCCCOCC5(C)COC5)cc4)c4c3C3CCC4C3)cc2)COC1.